The molecule has 1 aliphatic heterocycles. The minimum absolute atomic E-state index is 0.0684. The molecule has 116 valence electrons. The Kier molecular flexibility index (Phi) is 4.39. The maximum absolute atomic E-state index is 10.7. The molecule has 3 rings (SSSR count). The predicted octanol–water partition coefficient (Wildman–Crippen LogP) is 2.66. The summed E-state index contributed by atoms with van der Waals surface area (Å²) in [5.41, 5.74) is 0.878. The lowest BCUT2D eigenvalue weighted by Gasteiger charge is -2.08. The molecule has 1 aromatic carbocycles. The topological polar surface area (TPSA) is 83.1 Å². The summed E-state index contributed by atoms with van der Waals surface area (Å²) >= 11 is 1.62. The summed E-state index contributed by atoms with van der Waals surface area (Å²) in [4.78, 5) is 10.3. The number of nitro benzene ring substituents is 1. The van der Waals surface area contributed by atoms with E-state index in [-0.39, 0.29) is 5.69 Å². The Balaban J connectivity index is 1.73. The molecule has 1 atom stereocenters. The Morgan fingerprint density at radius 3 is 2.82 bits per heavy atom. The second kappa shape index (κ2) is 6.45. The molecule has 0 bridgehead atoms. The number of nitro groups is 1. The second-order valence-corrected chi connectivity index (χ2v) is 6.10. The maximum atomic E-state index is 10.7. The van der Waals surface area contributed by atoms with E-state index in [1.54, 1.807) is 23.9 Å². The normalized spacial score (nSPS) is 17.8. The highest BCUT2D eigenvalue weighted by molar-refractivity contribution is 7.99. The highest BCUT2D eigenvalue weighted by atomic mass is 32.2. The van der Waals surface area contributed by atoms with Crippen LogP contribution in [0.15, 0.2) is 29.4 Å². The number of hydrogen-bond acceptors (Lipinski definition) is 6. The number of ether oxygens (including phenoxy) is 1. The van der Waals surface area contributed by atoms with E-state index in [1.165, 1.54) is 12.1 Å². The fourth-order valence-electron chi connectivity index (χ4n) is 2.37. The Morgan fingerprint density at radius 2 is 2.18 bits per heavy atom. The van der Waals surface area contributed by atoms with Crippen molar-refractivity contribution in [2.24, 2.45) is 7.05 Å². The Hall–Kier alpha value is -1.93. The van der Waals surface area contributed by atoms with Crippen molar-refractivity contribution in [1.82, 2.24) is 14.8 Å². The molecule has 1 aliphatic rings. The van der Waals surface area contributed by atoms with Gasteiger partial charge in [0.15, 0.2) is 11.0 Å². The molecular weight excluding hydrogens is 304 g/mol. The molecule has 0 radical (unpaired) electrons. The van der Waals surface area contributed by atoms with Gasteiger partial charge in [0.2, 0.25) is 0 Å². The molecule has 0 spiro atoms. The van der Waals surface area contributed by atoms with Gasteiger partial charge < -0.3 is 9.30 Å². The lowest BCUT2D eigenvalue weighted by molar-refractivity contribution is -0.384. The van der Waals surface area contributed by atoms with Gasteiger partial charge in [-0.05, 0) is 25.0 Å². The third-order valence-corrected chi connectivity index (χ3v) is 4.75. The molecule has 8 heteroatoms. The third-order valence-electron chi connectivity index (χ3n) is 3.59. The van der Waals surface area contributed by atoms with Crippen LogP contribution in [0.2, 0.25) is 0 Å². The molecule has 0 unspecified atom stereocenters. The molecule has 0 aliphatic carbocycles. The molecule has 0 saturated carbocycles. The van der Waals surface area contributed by atoms with E-state index in [0.29, 0.717) is 11.9 Å². The Bertz CT molecular complexity index is 665. The van der Waals surface area contributed by atoms with Gasteiger partial charge in [-0.2, -0.15) is 0 Å². The summed E-state index contributed by atoms with van der Waals surface area (Å²) in [6.45, 7) is 0.845. The second-order valence-electron chi connectivity index (χ2n) is 5.12. The first-order valence-electron chi connectivity index (χ1n) is 7.04. The van der Waals surface area contributed by atoms with Crippen LogP contribution in [0.5, 0.6) is 0 Å². The van der Waals surface area contributed by atoms with Crippen LogP contribution in [0.1, 0.15) is 12.8 Å². The van der Waals surface area contributed by atoms with Gasteiger partial charge >= 0.3 is 0 Å². The molecule has 2 heterocycles. The zero-order valence-electron chi connectivity index (χ0n) is 12.1. The summed E-state index contributed by atoms with van der Waals surface area (Å²) < 4.78 is 7.50. The van der Waals surface area contributed by atoms with Crippen LogP contribution in [0.3, 0.4) is 0 Å². The van der Waals surface area contributed by atoms with Crippen molar-refractivity contribution >= 4 is 17.4 Å². The first kappa shape index (κ1) is 15.0. The summed E-state index contributed by atoms with van der Waals surface area (Å²) in [5, 5.41) is 19.9. The standard InChI is InChI=1S/C14H16N4O3S/c1-17-13(10-4-6-11(7-5-10)18(19)20)15-16-14(17)22-9-12-3-2-8-21-12/h4-7,12H,2-3,8-9H2,1H3/t12-/m1/s1. The first-order valence-corrected chi connectivity index (χ1v) is 8.02. The van der Waals surface area contributed by atoms with Crippen molar-refractivity contribution in [3.05, 3.63) is 34.4 Å². The monoisotopic (exact) mass is 320 g/mol. The van der Waals surface area contributed by atoms with Crippen molar-refractivity contribution < 1.29 is 9.66 Å². The third kappa shape index (κ3) is 3.12. The number of thioether (sulfide) groups is 1. The van der Waals surface area contributed by atoms with Gasteiger partial charge in [0.05, 0.1) is 11.0 Å². The van der Waals surface area contributed by atoms with Gasteiger partial charge in [0, 0.05) is 37.1 Å². The lowest BCUT2D eigenvalue weighted by Crippen LogP contribution is -2.08. The van der Waals surface area contributed by atoms with E-state index in [1.807, 2.05) is 11.6 Å². The SMILES string of the molecule is Cn1c(SC[C@H]2CCCO2)nnc1-c1ccc([N+](=O)[O-])cc1. The van der Waals surface area contributed by atoms with Crippen LogP contribution in [0.25, 0.3) is 11.4 Å². The highest BCUT2D eigenvalue weighted by Crippen LogP contribution is 2.26. The van der Waals surface area contributed by atoms with Gasteiger partial charge in [-0.15, -0.1) is 10.2 Å². The Labute approximate surface area is 131 Å². The van der Waals surface area contributed by atoms with Crippen LogP contribution in [-0.4, -0.2) is 38.2 Å². The molecule has 1 saturated heterocycles. The van der Waals surface area contributed by atoms with Gasteiger partial charge in [-0.3, -0.25) is 10.1 Å². The number of nitrogens with zero attached hydrogens (tertiary/aromatic N) is 4. The van der Waals surface area contributed by atoms with Crippen LogP contribution < -0.4 is 0 Å². The smallest absolute Gasteiger partial charge is 0.269 e. The van der Waals surface area contributed by atoms with Crippen LogP contribution >= 0.6 is 11.8 Å². The molecule has 22 heavy (non-hydrogen) atoms. The number of non-ortho nitro benzene ring substituents is 1. The van der Waals surface area contributed by atoms with Gasteiger partial charge in [-0.25, -0.2) is 0 Å². The fourth-order valence-corrected chi connectivity index (χ4v) is 3.34. The van der Waals surface area contributed by atoms with Crippen molar-refractivity contribution in [3.8, 4) is 11.4 Å². The number of rotatable bonds is 5. The summed E-state index contributed by atoms with van der Waals surface area (Å²) in [7, 11) is 1.90. The van der Waals surface area contributed by atoms with Crippen LogP contribution in [0.4, 0.5) is 5.69 Å². The van der Waals surface area contributed by atoms with Gasteiger partial charge in [-0.1, -0.05) is 11.8 Å². The summed E-state index contributed by atoms with van der Waals surface area (Å²) in [5.74, 6) is 1.57. The molecular formula is C14H16N4O3S. The minimum Gasteiger partial charge on any atom is -0.377 e. The largest absolute Gasteiger partial charge is 0.377 e. The first-order chi connectivity index (χ1) is 10.6. The van der Waals surface area contributed by atoms with Crippen molar-refractivity contribution in [3.63, 3.8) is 0 Å². The Morgan fingerprint density at radius 1 is 1.41 bits per heavy atom. The molecule has 1 aromatic heterocycles. The summed E-state index contributed by atoms with van der Waals surface area (Å²) in [6.07, 6.45) is 2.52. The maximum Gasteiger partial charge on any atom is 0.269 e. The quantitative estimate of drug-likeness (QED) is 0.478. The van der Waals surface area contributed by atoms with E-state index < -0.39 is 4.92 Å². The summed E-state index contributed by atoms with van der Waals surface area (Å²) in [6, 6.07) is 6.33. The number of benzene rings is 1. The van der Waals surface area contributed by atoms with E-state index >= 15 is 0 Å². The van der Waals surface area contributed by atoms with E-state index in [9.17, 15) is 10.1 Å². The van der Waals surface area contributed by atoms with Gasteiger partial charge in [0.1, 0.15) is 0 Å². The number of aromatic nitrogens is 3. The lowest BCUT2D eigenvalue weighted by atomic mass is 10.2. The average Bonchev–Trinajstić information content (AvgIpc) is 3.15. The van der Waals surface area contributed by atoms with Crippen molar-refractivity contribution in [1.29, 1.82) is 0 Å². The van der Waals surface area contributed by atoms with Crippen molar-refractivity contribution in [2.45, 2.75) is 24.1 Å². The van der Waals surface area contributed by atoms with Crippen LogP contribution in [0, 0.1) is 10.1 Å². The van der Waals surface area contributed by atoms with Crippen LogP contribution in [-0.2, 0) is 11.8 Å². The zero-order chi connectivity index (χ0) is 15.5. The molecule has 7 nitrogen and oxygen atoms in total. The zero-order valence-corrected chi connectivity index (χ0v) is 13.0. The highest BCUT2D eigenvalue weighted by Gasteiger charge is 2.18. The molecule has 0 N–H and O–H groups in total. The fraction of sp³-hybridized carbons (Fsp3) is 0.429. The molecule has 1 fully saturated rings. The number of hydrogen-bond donors (Lipinski definition) is 0. The van der Waals surface area contributed by atoms with E-state index in [4.69, 9.17) is 4.74 Å². The van der Waals surface area contributed by atoms with E-state index in [2.05, 4.69) is 10.2 Å². The average molecular weight is 320 g/mol. The van der Waals surface area contributed by atoms with Gasteiger partial charge in [0.25, 0.3) is 5.69 Å². The minimum atomic E-state index is -0.413. The predicted molar refractivity (Wildman–Crippen MR) is 82.8 cm³/mol. The van der Waals surface area contributed by atoms with E-state index in [0.717, 1.165) is 35.9 Å². The molecule has 0 amide bonds. The molecule has 2 aromatic rings. The van der Waals surface area contributed by atoms with Crippen molar-refractivity contribution in [2.75, 3.05) is 12.4 Å².